The van der Waals surface area contributed by atoms with Gasteiger partial charge in [-0.25, -0.2) is 4.98 Å². The van der Waals surface area contributed by atoms with Crippen molar-refractivity contribution in [2.45, 2.75) is 39.5 Å². The molecule has 1 aliphatic carbocycles. The third kappa shape index (κ3) is 3.02. The second kappa shape index (κ2) is 6.17. The molecule has 0 aliphatic heterocycles. The summed E-state index contributed by atoms with van der Waals surface area (Å²) in [6.07, 6.45) is 7.93. The molecular weight excluding hydrogens is 260 g/mol. The molecule has 1 N–H and O–H groups in total. The van der Waals surface area contributed by atoms with Crippen molar-refractivity contribution >= 4 is 5.57 Å². The third-order valence-electron chi connectivity index (χ3n) is 4.13. The molecule has 3 rings (SSSR count). The molecule has 0 fully saturated rings. The number of fused-ring (bicyclic) bond motifs is 1. The Balaban J connectivity index is 1.84. The number of H-pyrrole nitrogens is 1. The number of ether oxygens (including phenoxy) is 1. The van der Waals surface area contributed by atoms with Crippen molar-refractivity contribution in [3.63, 3.8) is 0 Å². The van der Waals surface area contributed by atoms with Crippen LogP contribution in [0.5, 0.6) is 5.75 Å². The van der Waals surface area contributed by atoms with Gasteiger partial charge in [-0.2, -0.15) is 0 Å². The molecule has 0 saturated heterocycles. The van der Waals surface area contributed by atoms with Crippen molar-refractivity contribution < 1.29 is 4.74 Å². The Labute approximate surface area is 126 Å². The molecule has 1 aromatic heterocycles. The van der Waals surface area contributed by atoms with Crippen LogP contribution < -0.4 is 4.74 Å². The standard InChI is InChI=1S/C18H22N2O/c1-3-8-21-17-6-7-18-13(2)14(4-5-15(18)10-17)9-16-11-19-12-20-16/h6-7,10-12H,3-5,8-9H2,1-2H3,(H,19,20). The molecule has 3 nitrogen and oxygen atoms in total. The van der Waals surface area contributed by atoms with Crippen molar-refractivity contribution in [2.24, 2.45) is 0 Å². The highest BCUT2D eigenvalue weighted by molar-refractivity contribution is 5.72. The van der Waals surface area contributed by atoms with Crippen LogP contribution in [0.3, 0.4) is 0 Å². The monoisotopic (exact) mass is 282 g/mol. The van der Waals surface area contributed by atoms with Crippen LogP contribution in [0.15, 0.2) is 36.3 Å². The highest BCUT2D eigenvalue weighted by Gasteiger charge is 2.17. The number of hydrogen-bond acceptors (Lipinski definition) is 2. The summed E-state index contributed by atoms with van der Waals surface area (Å²) in [7, 11) is 0. The molecule has 0 spiro atoms. The van der Waals surface area contributed by atoms with Crippen molar-refractivity contribution in [1.29, 1.82) is 0 Å². The highest BCUT2D eigenvalue weighted by Crippen LogP contribution is 2.34. The van der Waals surface area contributed by atoms with Gasteiger partial charge in [-0.15, -0.1) is 0 Å². The molecule has 0 atom stereocenters. The van der Waals surface area contributed by atoms with E-state index in [2.05, 4.69) is 42.0 Å². The number of nitrogens with one attached hydrogen (secondary N) is 1. The van der Waals surface area contributed by atoms with Crippen LogP contribution in [0.1, 0.15) is 43.5 Å². The molecule has 21 heavy (non-hydrogen) atoms. The third-order valence-corrected chi connectivity index (χ3v) is 4.13. The van der Waals surface area contributed by atoms with E-state index in [-0.39, 0.29) is 0 Å². The molecule has 1 heterocycles. The summed E-state index contributed by atoms with van der Waals surface area (Å²) < 4.78 is 5.74. The first-order chi connectivity index (χ1) is 10.3. The smallest absolute Gasteiger partial charge is 0.119 e. The first-order valence-electron chi connectivity index (χ1n) is 7.70. The quantitative estimate of drug-likeness (QED) is 0.894. The lowest BCUT2D eigenvalue weighted by atomic mass is 9.84. The zero-order valence-corrected chi connectivity index (χ0v) is 12.8. The number of rotatable bonds is 5. The summed E-state index contributed by atoms with van der Waals surface area (Å²) >= 11 is 0. The van der Waals surface area contributed by atoms with Crippen molar-refractivity contribution in [3.05, 3.63) is 53.1 Å². The lowest BCUT2D eigenvalue weighted by molar-refractivity contribution is 0.317. The summed E-state index contributed by atoms with van der Waals surface area (Å²) in [5, 5.41) is 0. The van der Waals surface area contributed by atoms with Gasteiger partial charge in [0.1, 0.15) is 5.75 Å². The van der Waals surface area contributed by atoms with Crippen molar-refractivity contribution in [1.82, 2.24) is 9.97 Å². The van der Waals surface area contributed by atoms with E-state index in [0.29, 0.717) is 0 Å². The fourth-order valence-electron chi connectivity index (χ4n) is 2.94. The largest absolute Gasteiger partial charge is 0.494 e. The minimum absolute atomic E-state index is 0.790. The van der Waals surface area contributed by atoms with Gasteiger partial charge in [-0.05, 0) is 55.0 Å². The van der Waals surface area contributed by atoms with E-state index in [0.717, 1.165) is 43.7 Å². The van der Waals surface area contributed by atoms with Crippen LogP contribution in [-0.2, 0) is 12.8 Å². The molecular formula is C18H22N2O. The summed E-state index contributed by atoms with van der Waals surface area (Å²) in [5.41, 5.74) is 6.80. The minimum atomic E-state index is 0.790. The summed E-state index contributed by atoms with van der Waals surface area (Å²) in [6, 6.07) is 6.51. The molecule has 0 radical (unpaired) electrons. The van der Waals surface area contributed by atoms with Gasteiger partial charge < -0.3 is 9.72 Å². The second-order valence-corrected chi connectivity index (χ2v) is 5.63. The fraction of sp³-hybridized carbons (Fsp3) is 0.389. The Hall–Kier alpha value is -2.03. The molecule has 3 heteroatoms. The van der Waals surface area contributed by atoms with E-state index in [9.17, 15) is 0 Å². The Kier molecular flexibility index (Phi) is 4.09. The summed E-state index contributed by atoms with van der Waals surface area (Å²) in [5.74, 6) is 0.999. The Morgan fingerprint density at radius 3 is 2.95 bits per heavy atom. The van der Waals surface area contributed by atoms with Gasteiger partial charge >= 0.3 is 0 Å². The number of aromatic nitrogens is 2. The summed E-state index contributed by atoms with van der Waals surface area (Å²) in [6.45, 7) is 5.15. The van der Waals surface area contributed by atoms with E-state index < -0.39 is 0 Å². The predicted octanol–water partition coefficient (Wildman–Crippen LogP) is 4.16. The molecule has 0 bridgehead atoms. The van der Waals surface area contributed by atoms with Gasteiger partial charge in [0.2, 0.25) is 0 Å². The second-order valence-electron chi connectivity index (χ2n) is 5.63. The number of aryl methyl sites for hydroxylation is 1. The summed E-state index contributed by atoms with van der Waals surface area (Å²) in [4.78, 5) is 7.37. The fourth-order valence-corrected chi connectivity index (χ4v) is 2.94. The normalized spacial score (nSPS) is 14.2. The van der Waals surface area contributed by atoms with Gasteiger partial charge in [0.05, 0.1) is 18.6 Å². The maximum Gasteiger partial charge on any atom is 0.119 e. The molecule has 2 aromatic rings. The van der Waals surface area contributed by atoms with Crippen LogP contribution >= 0.6 is 0 Å². The lowest BCUT2D eigenvalue weighted by Gasteiger charge is -2.22. The van der Waals surface area contributed by atoms with E-state index in [4.69, 9.17) is 4.74 Å². The molecule has 110 valence electrons. The first-order valence-corrected chi connectivity index (χ1v) is 7.70. The van der Waals surface area contributed by atoms with Gasteiger partial charge in [-0.1, -0.05) is 18.6 Å². The molecule has 0 amide bonds. The topological polar surface area (TPSA) is 37.9 Å². The van der Waals surface area contributed by atoms with Crippen molar-refractivity contribution in [3.8, 4) is 5.75 Å². The molecule has 0 saturated carbocycles. The first kappa shape index (κ1) is 13.9. The van der Waals surface area contributed by atoms with Gasteiger partial charge in [0, 0.05) is 12.6 Å². The van der Waals surface area contributed by atoms with E-state index in [1.54, 1.807) is 6.33 Å². The van der Waals surface area contributed by atoms with Gasteiger partial charge in [0.15, 0.2) is 0 Å². The van der Waals surface area contributed by atoms with Crippen LogP contribution in [0, 0.1) is 0 Å². The Morgan fingerprint density at radius 1 is 1.29 bits per heavy atom. The maximum absolute atomic E-state index is 5.74. The average molecular weight is 282 g/mol. The zero-order valence-electron chi connectivity index (χ0n) is 12.8. The Morgan fingerprint density at radius 2 is 2.19 bits per heavy atom. The van der Waals surface area contributed by atoms with Gasteiger partial charge in [-0.3, -0.25) is 0 Å². The molecule has 1 aromatic carbocycles. The van der Waals surface area contributed by atoms with Crippen LogP contribution in [0.4, 0.5) is 0 Å². The number of benzene rings is 1. The van der Waals surface area contributed by atoms with Gasteiger partial charge in [0.25, 0.3) is 0 Å². The van der Waals surface area contributed by atoms with E-state index in [1.165, 1.54) is 22.3 Å². The van der Waals surface area contributed by atoms with E-state index in [1.807, 2.05) is 6.20 Å². The number of imidazole rings is 1. The van der Waals surface area contributed by atoms with E-state index >= 15 is 0 Å². The zero-order chi connectivity index (χ0) is 14.7. The van der Waals surface area contributed by atoms with Crippen LogP contribution in [0.25, 0.3) is 5.57 Å². The SMILES string of the molecule is CCCOc1ccc2c(c1)CCC(Cc1c[nH]cn1)=C2C. The van der Waals surface area contributed by atoms with Crippen molar-refractivity contribution in [2.75, 3.05) is 6.61 Å². The van der Waals surface area contributed by atoms with Crippen LogP contribution in [-0.4, -0.2) is 16.6 Å². The number of hydrogen-bond donors (Lipinski definition) is 1. The maximum atomic E-state index is 5.74. The number of allylic oxidation sites excluding steroid dienone is 2. The molecule has 1 aliphatic rings. The highest BCUT2D eigenvalue weighted by atomic mass is 16.5. The van der Waals surface area contributed by atoms with Crippen LogP contribution in [0.2, 0.25) is 0 Å². The lowest BCUT2D eigenvalue weighted by Crippen LogP contribution is -2.06. The average Bonchev–Trinajstić information content (AvgIpc) is 3.01. The number of aromatic amines is 1. The Bertz CT molecular complexity index is 641. The predicted molar refractivity (Wildman–Crippen MR) is 85.4 cm³/mol. The minimum Gasteiger partial charge on any atom is -0.494 e. The number of nitrogens with zero attached hydrogens (tertiary/aromatic N) is 1. The molecule has 0 unspecified atom stereocenters.